The molecule has 0 aliphatic carbocycles. The number of benzene rings is 2. The Kier molecular flexibility index (Phi) is 6.71. The molecule has 2 unspecified atom stereocenters. The molecule has 0 bridgehead atoms. The lowest BCUT2D eigenvalue weighted by atomic mass is 9.91. The quantitative estimate of drug-likeness (QED) is 0.449. The Labute approximate surface area is 186 Å². The molecule has 1 aromatic heterocycles. The van der Waals surface area contributed by atoms with E-state index >= 15 is 0 Å². The van der Waals surface area contributed by atoms with Gasteiger partial charge in [0.05, 0.1) is 23.0 Å². The van der Waals surface area contributed by atoms with Gasteiger partial charge in [0.15, 0.2) is 0 Å². The molecule has 6 heteroatoms. The highest BCUT2D eigenvalue weighted by atomic mass is 35.5. The standard InChI is InChI=1S/C23H23Cl3N2O/c24-17-5-3-16(4-6-17)23-15-19(27-11-9-20-2-1-13-29-20)10-12-28(23)22-8-7-18(25)14-21(22)26/h1-8,13-14,19,23,27H,9-12,15H2. The van der Waals surface area contributed by atoms with Crippen molar-refractivity contribution < 1.29 is 4.42 Å². The van der Waals surface area contributed by atoms with Crippen LogP contribution in [0.3, 0.4) is 0 Å². The molecule has 0 amide bonds. The Hall–Kier alpha value is -1.65. The molecule has 152 valence electrons. The maximum atomic E-state index is 6.54. The topological polar surface area (TPSA) is 28.4 Å². The van der Waals surface area contributed by atoms with Crippen molar-refractivity contribution in [3.05, 3.63) is 87.3 Å². The predicted molar refractivity (Wildman–Crippen MR) is 121 cm³/mol. The third-order valence-electron chi connectivity index (χ3n) is 5.46. The van der Waals surface area contributed by atoms with E-state index in [9.17, 15) is 0 Å². The van der Waals surface area contributed by atoms with Gasteiger partial charge < -0.3 is 14.6 Å². The van der Waals surface area contributed by atoms with Crippen LogP contribution in [-0.2, 0) is 6.42 Å². The molecule has 1 fully saturated rings. The van der Waals surface area contributed by atoms with E-state index in [0.717, 1.165) is 48.8 Å². The number of hydrogen-bond donors (Lipinski definition) is 1. The molecule has 2 aromatic carbocycles. The van der Waals surface area contributed by atoms with Crippen LogP contribution in [0.15, 0.2) is 65.3 Å². The normalized spacial score (nSPS) is 19.5. The summed E-state index contributed by atoms with van der Waals surface area (Å²) in [6, 6.07) is 18.4. The van der Waals surface area contributed by atoms with Crippen molar-refractivity contribution in [1.29, 1.82) is 0 Å². The van der Waals surface area contributed by atoms with Crippen molar-refractivity contribution in [1.82, 2.24) is 5.32 Å². The van der Waals surface area contributed by atoms with Gasteiger partial charge in [0.25, 0.3) is 0 Å². The molecule has 1 aliphatic rings. The molecule has 3 aromatic rings. The zero-order valence-electron chi connectivity index (χ0n) is 16.0. The molecule has 1 N–H and O–H groups in total. The number of furan rings is 1. The Balaban J connectivity index is 1.51. The molecule has 1 saturated heterocycles. The summed E-state index contributed by atoms with van der Waals surface area (Å²) in [6.45, 7) is 1.81. The molecule has 3 nitrogen and oxygen atoms in total. The molecule has 2 heterocycles. The van der Waals surface area contributed by atoms with Gasteiger partial charge >= 0.3 is 0 Å². The van der Waals surface area contributed by atoms with Crippen molar-refractivity contribution in [3.63, 3.8) is 0 Å². The van der Waals surface area contributed by atoms with Crippen LogP contribution >= 0.6 is 34.8 Å². The van der Waals surface area contributed by atoms with Gasteiger partial charge in [-0.2, -0.15) is 0 Å². The van der Waals surface area contributed by atoms with Crippen LogP contribution in [0.4, 0.5) is 5.69 Å². The van der Waals surface area contributed by atoms with Crippen LogP contribution in [0.25, 0.3) is 0 Å². The lowest BCUT2D eigenvalue weighted by Gasteiger charge is -2.42. The van der Waals surface area contributed by atoms with E-state index in [1.54, 1.807) is 6.26 Å². The Bertz CT molecular complexity index is 928. The molecular formula is C23H23Cl3N2O. The van der Waals surface area contributed by atoms with E-state index in [4.69, 9.17) is 39.2 Å². The van der Waals surface area contributed by atoms with E-state index in [-0.39, 0.29) is 6.04 Å². The number of hydrogen-bond acceptors (Lipinski definition) is 3. The number of nitrogens with one attached hydrogen (secondary N) is 1. The number of nitrogens with zero attached hydrogens (tertiary/aromatic N) is 1. The van der Waals surface area contributed by atoms with Crippen molar-refractivity contribution in [2.45, 2.75) is 31.3 Å². The minimum atomic E-state index is 0.209. The van der Waals surface area contributed by atoms with Crippen molar-refractivity contribution in [3.8, 4) is 0 Å². The van der Waals surface area contributed by atoms with E-state index < -0.39 is 0 Å². The lowest BCUT2D eigenvalue weighted by molar-refractivity contribution is 0.358. The first kappa shape index (κ1) is 20.6. The number of halogens is 3. The monoisotopic (exact) mass is 448 g/mol. The highest BCUT2D eigenvalue weighted by Crippen LogP contribution is 2.39. The smallest absolute Gasteiger partial charge is 0.105 e. The lowest BCUT2D eigenvalue weighted by Crippen LogP contribution is -2.45. The summed E-state index contributed by atoms with van der Waals surface area (Å²) in [5.41, 5.74) is 2.25. The zero-order valence-corrected chi connectivity index (χ0v) is 18.2. The highest BCUT2D eigenvalue weighted by Gasteiger charge is 2.30. The van der Waals surface area contributed by atoms with Gasteiger partial charge in [-0.3, -0.25) is 0 Å². The number of rotatable bonds is 6. The fraction of sp³-hybridized carbons (Fsp3) is 0.304. The first-order valence-electron chi connectivity index (χ1n) is 9.83. The highest BCUT2D eigenvalue weighted by molar-refractivity contribution is 6.36. The summed E-state index contributed by atoms with van der Waals surface area (Å²) in [4.78, 5) is 2.38. The summed E-state index contributed by atoms with van der Waals surface area (Å²) in [5, 5.41) is 5.77. The molecular weight excluding hydrogens is 427 g/mol. The zero-order chi connectivity index (χ0) is 20.2. The van der Waals surface area contributed by atoms with Crippen molar-refractivity contribution in [2.24, 2.45) is 0 Å². The van der Waals surface area contributed by atoms with Gasteiger partial charge in [-0.05, 0) is 60.9 Å². The molecule has 0 spiro atoms. The second kappa shape index (κ2) is 9.44. The van der Waals surface area contributed by atoms with E-state index in [0.29, 0.717) is 16.1 Å². The van der Waals surface area contributed by atoms with Crippen molar-refractivity contribution in [2.75, 3.05) is 18.0 Å². The second-order valence-corrected chi connectivity index (χ2v) is 8.64. The predicted octanol–water partition coefficient (Wildman–Crippen LogP) is 6.78. The van der Waals surface area contributed by atoms with Crippen molar-refractivity contribution >= 4 is 40.5 Å². The van der Waals surface area contributed by atoms with Crippen LogP contribution in [0.5, 0.6) is 0 Å². The van der Waals surface area contributed by atoms with Gasteiger partial charge in [-0.15, -0.1) is 0 Å². The van der Waals surface area contributed by atoms with Gasteiger partial charge in [-0.25, -0.2) is 0 Å². The molecule has 0 radical (unpaired) electrons. The molecule has 4 rings (SSSR count). The van der Waals surface area contributed by atoms with Gasteiger partial charge in [-0.1, -0.05) is 46.9 Å². The second-order valence-electron chi connectivity index (χ2n) is 7.36. The molecule has 0 saturated carbocycles. The van der Waals surface area contributed by atoms with Gasteiger partial charge in [0.2, 0.25) is 0 Å². The van der Waals surface area contributed by atoms with Crippen LogP contribution in [-0.4, -0.2) is 19.1 Å². The van der Waals surface area contributed by atoms with E-state index in [1.807, 2.05) is 42.5 Å². The SMILES string of the molecule is Clc1ccc(C2CC(NCCc3ccco3)CCN2c2ccc(Cl)cc2Cl)cc1. The minimum Gasteiger partial charge on any atom is -0.469 e. The maximum absolute atomic E-state index is 6.54. The Morgan fingerprint density at radius 3 is 2.52 bits per heavy atom. The molecule has 1 aliphatic heterocycles. The fourth-order valence-corrected chi connectivity index (χ4v) is 4.65. The van der Waals surface area contributed by atoms with Gasteiger partial charge in [0, 0.05) is 35.6 Å². The Morgan fingerprint density at radius 2 is 1.79 bits per heavy atom. The summed E-state index contributed by atoms with van der Waals surface area (Å²) in [6.07, 6.45) is 4.64. The summed E-state index contributed by atoms with van der Waals surface area (Å²) in [5.74, 6) is 1.01. The average molecular weight is 450 g/mol. The van der Waals surface area contributed by atoms with Gasteiger partial charge in [0.1, 0.15) is 5.76 Å². The number of anilines is 1. The summed E-state index contributed by atoms with van der Waals surface area (Å²) in [7, 11) is 0. The Morgan fingerprint density at radius 1 is 1.00 bits per heavy atom. The van der Waals surface area contributed by atoms with Crippen LogP contribution in [0.1, 0.15) is 30.2 Å². The average Bonchev–Trinajstić information content (AvgIpc) is 3.22. The van der Waals surface area contributed by atoms with Crippen LogP contribution < -0.4 is 10.2 Å². The third kappa shape index (κ3) is 5.10. The summed E-state index contributed by atoms with van der Waals surface area (Å²) < 4.78 is 5.44. The first-order valence-corrected chi connectivity index (χ1v) is 11.0. The third-order valence-corrected chi connectivity index (χ3v) is 6.25. The van der Waals surface area contributed by atoms with E-state index in [1.165, 1.54) is 5.56 Å². The largest absolute Gasteiger partial charge is 0.469 e. The molecule has 2 atom stereocenters. The maximum Gasteiger partial charge on any atom is 0.105 e. The van der Waals surface area contributed by atoms with E-state index in [2.05, 4.69) is 22.3 Å². The number of piperidine rings is 1. The van der Waals surface area contributed by atoms with Crippen LogP contribution in [0.2, 0.25) is 15.1 Å². The minimum absolute atomic E-state index is 0.209. The summed E-state index contributed by atoms with van der Waals surface area (Å²) >= 11 is 18.8. The van der Waals surface area contributed by atoms with Crippen LogP contribution in [0, 0.1) is 0 Å². The first-order chi connectivity index (χ1) is 14.1. The molecule has 29 heavy (non-hydrogen) atoms. The fourth-order valence-electron chi connectivity index (χ4n) is 4.01.